The highest BCUT2D eigenvalue weighted by Gasteiger charge is 2.14. The average Bonchev–Trinajstić information content (AvgIpc) is 2.76. The summed E-state index contributed by atoms with van der Waals surface area (Å²) < 4.78 is 0. The van der Waals surface area contributed by atoms with E-state index < -0.39 is 0 Å². The first kappa shape index (κ1) is 19.1. The van der Waals surface area contributed by atoms with Crippen LogP contribution in [0.3, 0.4) is 0 Å². The fourth-order valence-corrected chi connectivity index (χ4v) is 3.36. The molecule has 0 saturated carbocycles. The van der Waals surface area contributed by atoms with Crippen molar-refractivity contribution in [2.24, 2.45) is 0 Å². The highest BCUT2D eigenvalue weighted by atomic mass is 15.2. The Bertz CT molecular complexity index is 917. The van der Waals surface area contributed by atoms with E-state index in [1.807, 2.05) is 24.4 Å². The Morgan fingerprint density at radius 1 is 0.931 bits per heavy atom. The van der Waals surface area contributed by atoms with Gasteiger partial charge >= 0.3 is 0 Å². The highest BCUT2D eigenvalue weighted by Crippen LogP contribution is 2.22. The van der Waals surface area contributed by atoms with Crippen molar-refractivity contribution in [1.29, 1.82) is 0 Å². The van der Waals surface area contributed by atoms with Gasteiger partial charge in [-0.25, -0.2) is 15.0 Å². The van der Waals surface area contributed by atoms with Gasteiger partial charge in [0.1, 0.15) is 5.82 Å². The molecular weight excluding hydrogens is 362 g/mol. The lowest BCUT2D eigenvalue weighted by Crippen LogP contribution is -2.44. The quantitative estimate of drug-likeness (QED) is 0.669. The number of hydrogen-bond acceptors (Lipinski definition) is 7. The summed E-state index contributed by atoms with van der Waals surface area (Å²) in [5.41, 5.74) is 4.03. The number of anilines is 4. The largest absolute Gasteiger partial charge is 0.370 e. The smallest absolute Gasteiger partial charge is 0.227 e. The van der Waals surface area contributed by atoms with Gasteiger partial charge in [-0.05, 0) is 56.4 Å². The van der Waals surface area contributed by atoms with Crippen LogP contribution < -0.4 is 15.5 Å². The molecule has 3 aromatic rings. The Hall–Kier alpha value is -3.19. The first-order chi connectivity index (χ1) is 14.2. The zero-order chi connectivity index (χ0) is 20.1. The number of likely N-dealkylation sites (N-methyl/N-ethyl adjacent to an activating group) is 1. The molecule has 7 nitrogen and oxygen atoms in total. The molecule has 0 bridgehead atoms. The van der Waals surface area contributed by atoms with Crippen LogP contribution in [0.15, 0.2) is 54.9 Å². The predicted molar refractivity (Wildman–Crippen MR) is 119 cm³/mol. The molecule has 1 aliphatic heterocycles. The van der Waals surface area contributed by atoms with Crippen LogP contribution in [0.4, 0.5) is 23.1 Å². The van der Waals surface area contributed by atoms with Crippen molar-refractivity contribution < 1.29 is 0 Å². The SMILES string of the molecule is CCNc1ccc(-c2ccnc(Nc3ccc(N4CCN(C)CC4)cc3)n2)cn1. The fraction of sp³-hybridized carbons (Fsp3) is 0.318. The second-order valence-corrected chi connectivity index (χ2v) is 7.19. The molecule has 150 valence electrons. The van der Waals surface area contributed by atoms with E-state index in [1.165, 1.54) is 5.69 Å². The fourth-order valence-electron chi connectivity index (χ4n) is 3.36. The highest BCUT2D eigenvalue weighted by molar-refractivity contribution is 5.63. The Morgan fingerprint density at radius 3 is 2.41 bits per heavy atom. The summed E-state index contributed by atoms with van der Waals surface area (Å²) in [5.74, 6) is 1.44. The molecule has 4 rings (SSSR count). The van der Waals surface area contributed by atoms with Crippen LogP contribution in [0, 0.1) is 0 Å². The van der Waals surface area contributed by atoms with E-state index in [9.17, 15) is 0 Å². The van der Waals surface area contributed by atoms with Crippen molar-refractivity contribution in [3.05, 3.63) is 54.9 Å². The molecule has 0 unspecified atom stereocenters. The molecule has 29 heavy (non-hydrogen) atoms. The number of benzene rings is 1. The number of pyridine rings is 1. The third-order valence-corrected chi connectivity index (χ3v) is 5.06. The Labute approximate surface area is 171 Å². The van der Waals surface area contributed by atoms with E-state index in [0.29, 0.717) is 5.95 Å². The van der Waals surface area contributed by atoms with Crippen molar-refractivity contribution in [2.45, 2.75) is 6.92 Å². The van der Waals surface area contributed by atoms with Gasteiger partial charge in [0.05, 0.1) is 5.69 Å². The molecule has 2 N–H and O–H groups in total. The van der Waals surface area contributed by atoms with Crippen LogP contribution in [0.25, 0.3) is 11.3 Å². The Kier molecular flexibility index (Phi) is 5.86. The molecule has 1 aliphatic rings. The summed E-state index contributed by atoms with van der Waals surface area (Å²) in [6.07, 6.45) is 3.59. The lowest BCUT2D eigenvalue weighted by molar-refractivity contribution is 0.313. The monoisotopic (exact) mass is 389 g/mol. The predicted octanol–water partition coefficient (Wildman–Crippen LogP) is 3.47. The topological polar surface area (TPSA) is 69.2 Å². The molecule has 2 aromatic heterocycles. The van der Waals surface area contributed by atoms with E-state index in [1.54, 1.807) is 6.20 Å². The van der Waals surface area contributed by atoms with Crippen LogP contribution in [-0.2, 0) is 0 Å². The summed E-state index contributed by atoms with van der Waals surface area (Å²) in [6.45, 7) is 7.23. The van der Waals surface area contributed by atoms with Crippen molar-refractivity contribution in [3.63, 3.8) is 0 Å². The van der Waals surface area contributed by atoms with Crippen LogP contribution in [0.2, 0.25) is 0 Å². The number of nitrogens with zero attached hydrogens (tertiary/aromatic N) is 5. The summed E-state index contributed by atoms with van der Waals surface area (Å²) in [5, 5.41) is 6.50. The van der Waals surface area contributed by atoms with Gasteiger partial charge in [0.2, 0.25) is 5.95 Å². The van der Waals surface area contributed by atoms with Crippen LogP contribution in [0.1, 0.15) is 6.92 Å². The third kappa shape index (κ3) is 4.81. The molecule has 1 fully saturated rings. The lowest BCUT2D eigenvalue weighted by atomic mass is 10.2. The zero-order valence-electron chi connectivity index (χ0n) is 17.0. The van der Waals surface area contributed by atoms with Gasteiger partial charge in [0.15, 0.2) is 0 Å². The van der Waals surface area contributed by atoms with Gasteiger partial charge in [-0.1, -0.05) is 0 Å². The van der Waals surface area contributed by atoms with Crippen LogP contribution in [0.5, 0.6) is 0 Å². The van der Waals surface area contributed by atoms with Gasteiger partial charge in [0, 0.05) is 62.1 Å². The summed E-state index contributed by atoms with van der Waals surface area (Å²) in [7, 11) is 2.17. The molecule has 0 radical (unpaired) electrons. The van der Waals surface area contributed by atoms with E-state index in [-0.39, 0.29) is 0 Å². The maximum Gasteiger partial charge on any atom is 0.227 e. The van der Waals surface area contributed by atoms with Crippen LogP contribution in [-0.4, -0.2) is 59.6 Å². The zero-order valence-corrected chi connectivity index (χ0v) is 17.0. The summed E-state index contributed by atoms with van der Waals surface area (Å²) >= 11 is 0. The maximum absolute atomic E-state index is 4.64. The van der Waals surface area contributed by atoms with Crippen molar-refractivity contribution in [1.82, 2.24) is 19.9 Å². The van der Waals surface area contributed by atoms with Gasteiger partial charge in [-0.2, -0.15) is 0 Å². The first-order valence-corrected chi connectivity index (χ1v) is 10.0. The Morgan fingerprint density at radius 2 is 1.72 bits per heavy atom. The molecule has 0 atom stereocenters. The standard InChI is InChI=1S/C22H27N7/c1-3-23-21-9-4-17(16-25-21)20-10-11-24-22(27-20)26-18-5-7-19(8-6-18)29-14-12-28(2)13-15-29/h4-11,16H,3,12-15H2,1-2H3,(H,23,25)(H,24,26,27). The maximum atomic E-state index is 4.64. The second kappa shape index (κ2) is 8.87. The number of aromatic nitrogens is 3. The van der Waals surface area contributed by atoms with E-state index in [4.69, 9.17) is 0 Å². The van der Waals surface area contributed by atoms with Gasteiger partial charge in [0.25, 0.3) is 0 Å². The molecule has 7 heteroatoms. The minimum absolute atomic E-state index is 0.575. The van der Waals surface area contributed by atoms with Crippen molar-refractivity contribution in [2.75, 3.05) is 55.3 Å². The minimum atomic E-state index is 0.575. The normalized spacial score (nSPS) is 14.6. The van der Waals surface area contributed by atoms with Gasteiger partial charge in [-0.3, -0.25) is 0 Å². The molecule has 0 amide bonds. The molecule has 0 aliphatic carbocycles. The first-order valence-electron chi connectivity index (χ1n) is 10.0. The van der Waals surface area contributed by atoms with Crippen LogP contribution >= 0.6 is 0 Å². The number of hydrogen-bond donors (Lipinski definition) is 2. The number of nitrogens with one attached hydrogen (secondary N) is 2. The van der Waals surface area contributed by atoms with Crippen molar-refractivity contribution >= 4 is 23.1 Å². The molecule has 1 saturated heterocycles. The number of piperazine rings is 1. The van der Waals surface area contributed by atoms with E-state index >= 15 is 0 Å². The van der Waals surface area contributed by atoms with E-state index in [2.05, 4.69) is 73.6 Å². The molecule has 1 aromatic carbocycles. The minimum Gasteiger partial charge on any atom is -0.370 e. The molecule has 0 spiro atoms. The second-order valence-electron chi connectivity index (χ2n) is 7.19. The van der Waals surface area contributed by atoms with Gasteiger partial charge < -0.3 is 20.4 Å². The number of rotatable bonds is 6. The van der Waals surface area contributed by atoms with Crippen molar-refractivity contribution in [3.8, 4) is 11.3 Å². The van der Waals surface area contributed by atoms with E-state index in [0.717, 1.165) is 55.5 Å². The van der Waals surface area contributed by atoms with Gasteiger partial charge in [-0.15, -0.1) is 0 Å². The third-order valence-electron chi connectivity index (χ3n) is 5.06. The Balaban J connectivity index is 1.43. The molecular formula is C22H27N7. The lowest BCUT2D eigenvalue weighted by Gasteiger charge is -2.34. The summed E-state index contributed by atoms with van der Waals surface area (Å²) in [4.78, 5) is 18.2. The molecule has 3 heterocycles. The summed E-state index contributed by atoms with van der Waals surface area (Å²) in [6, 6.07) is 14.3. The average molecular weight is 390 g/mol.